The second kappa shape index (κ2) is 9.73. The number of fused-ring (bicyclic) bond motifs is 5. The van der Waals surface area contributed by atoms with Crippen LogP contribution < -0.4 is 9.47 Å². The van der Waals surface area contributed by atoms with Crippen molar-refractivity contribution in [2.24, 2.45) is 0 Å². The van der Waals surface area contributed by atoms with E-state index >= 15 is 0 Å². The fourth-order valence-electron chi connectivity index (χ4n) is 6.42. The summed E-state index contributed by atoms with van der Waals surface area (Å²) in [5.41, 5.74) is 7.24. The summed E-state index contributed by atoms with van der Waals surface area (Å²) in [5, 5.41) is 4.69. The van der Waals surface area contributed by atoms with Crippen LogP contribution in [0.4, 0.5) is 0 Å². The van der Waals surface area contributed by atoms with E-state index in [1.54, 1.807) is 0 Å². The third kappa shape index (κ3) is 3.71. The minimum absolute atomic E-state index is 0.455. The van der Waals surface area contributed by atoms with Crippen LogP contribution in [0.5, 0.6) is 11.5 Å². The van der Waals surface area contributed by atoms with E-state index in [9.17, 15) is 0 Å². The minimum Gasteiger partial charge on any atom is -0.494 e. The highest BCUT2D eigenvalue weighted by molar-refractivity contribution is 5.92. The van der Waals surface area contributed by atoms with Gasteiger partial charge >= 0.3 is 0 Å². The predicted molar refractivity (Wildman–Crippen MR) is 165 cm³/mol. The van der Waals surface area contributed by atoms with Crippen LogP contribution in [0.25, 0.3) is 32.7 Å². The Morgan fingerprint density at radius 1 is 0.600 bits per heavy atom. The van der Waals surface area contributed by atoms with Crippen LogP contribution in [0.15, 0.2) is 134 Å². The van der Waals surface area contributed by atoms with Gasteiger partial charge in [-0.05, 0) is 97.7 Å². The maximum Gasteiger partial charge on any atom is 0.127 e. The van der Waals surface area contributed by atoms with Crippen molar-refractivity contribution < 1.29 is 9.47 Å². The van der Waals surface area contributed by atoms with Gasteiger partial charge in [0.25, 0.3) is 0 Å². The van der Waals surface area contributed by atoms with Crippen LogP contribution in [-0.2, 0) is 5.41 Å². The van der Waals surface area contributed by atoms with Gasteiger partial charge in [-0.25, -0.2) is 0 Å². The van der Waals surface area contributed by atoms with Gasteiger partial charge in [0, 0.05) is 0 Å². The molecule has 0 aliphatic heterocycles. The van der Waals surface area contributed by atoms with E-state index in [-0.39, 0.29) is 0 Å². The highest BCUT2D eigenvalue weighted by Gasteiger charge is 2.46. The third-order valence-electron chi connectivity index (χ3n) is 8.13. The van der Waals surface area contributed by atoms with Crippen LogP contribution in [0.3, 0.4) is 0 Å². The zero-order valence-electron chi connectivity index (χ0n) is 22.6. The molecule has 0 amide bonds. The first-order valence-corrected chi connectivity index (χ1v) is 13.9. The first kappa shape index (κ1) is 24.2. The monoisotopic (exact) mass is 518 g/mol. The lowest BCUT2D eigenvalue weighted by Crippen LogP contribution is -2.28. The van der Waals surface area contributed by atoms with Gasteiger partial charge in [-0.1, -0.05) is 98.4 Å². The zero-order valence-corrected chi connectivity index (χ0v) is 22.6. The minimum atomic E-state index is -0.455. The van der Waals surface area contributed by atoms with E-state index in [0.29, 0.717) is 0 Å². The third-order valence-corrected chi connectivity index (χ3v) is 8.13. The van der Waals surface area contributed by atoms with Gasteiger partial charge in [-0.2, -0.15) is 0 Å². The Hall–Kier alpha value is -4.82. The lowest BCUT2D eigenvalue weighted by atomic mass is 9.67. The topological polar surface area (TPSA) is 18.5 Å². The van der Waals surface area contributed by atoms with Crippen molar-refractivity contribution in [1.82, 2.24) is 0 Å². The second-order valence-electron chi connectivity index (χ2n) is 10.4. The Morgan fingerprint density at radius 3 is 1.68 bits per heavy atom. The summed E-state index contributed by atoms with van der Waals surface area (Å²) in [6.45, 7) is 6.55. The fraction of sp³-hybridized carbons (Fsp3) is 0.105. The molecule has 2 nitrogen and oxygen atoms in total. The van der Waals surface area contributed by atoms with Gasteiger partial charge in [-0.3, -0.25) is 0 Å². The summed E-state index contributed by atoms with van der Waals surface area (Å²) in [4.78, 5) is 0. The largest absolute Gasteiger partial charge is 0.494 e. The van der Waals surface area contributed by atoms with Gasteiger partial charge in [0.2, 0.25) is 0 Å². The van der Waals surface area contributed by atoms with Crippen LogP contribution in [-0.4, -0.2) is 6.61 Å². The van der Waals surface area contributed by atoms with Gasteiger partial charge in [0.15, 0.2) is 0 Å². The molecule has 0 N–H and O–H groups in total. The van der Waals surface area contributed by atoms with E-state index in [2.05, 4.69) is 129 Å². The average molecular weight is 519 g/mol. The number of hydrogen-bond acceptors (Lipinski definition) is 2. The SMILES string of the molecule is C=COc1ccc2cc(C3(c4ccc5cc(OCCC)ccc5c4)c4ccccc4-c4ccccc43)ccc2c1. The van der Waals surface area contributed by atoms with Gasteiger partial charge < -0.3 is 9.47 Å². The average Bonchev–Trinajstić information content (AvgIpc) is 3.31. The van der Waals surface area contributed by atoms with Crippen molar-refractivity contribution in [3.63, 3.8) is 0 Å². The quantitative estimate of drug-likeness (QED) is 0.196. The molecule has 0 unspecified atom stereocenters. The molecule has 0 heterocycles. The molecule has 2 heteroatoms. The van der Waals surface area contributed by atoms with Crippen LogP contribution in [0, 0.1) is 0 Å². The van der Waals surface area contributed by atoms with Crippen molar-refractivity contribution >= 4 is 21.5 Å². The molecule has 6 aromatic carbocycles. The molecule has 0 atom stereocenters. The summed E-state index contributed by atoms with van der Waals surface area (Å²) < 4.78 is 11.5. The molecule has 194 valence electrons. The standard InChI is InChI=1S/C38H30O2/c1-3-21-40-33-20-16-27-23-31(18-14-29(27)25-33)38(30-17-13-28-24-32(39-4-2)19-15-26(28)22-30)36-11-7-5-9-34(36)35-10-6-8-12-37(35)38/h4-20,22-25H,2-3,21H2,1H3. The van der Waals surface area contributed by atoms with Crippen molar-refractivity contribution in [3.8, 4) is 22.6 Å². The predicted octanol–water partition coefficient (Wildman–Crippen LogP) is 9.67. The molecule has 0 spiro atoms. The Bertz CT molecular complexity index is 1850. The van der Waals surface area contributed by atoms with Crippen LogP contribution in [0.2, 0.25) is 0 Å². The molecule has 0 bridgehead atoms. The van der Waals surface area contributed by atoms with Crippen LogP contribution in [0.1, 0.15) is 35.6 Å². The highest BCUT2D eigenvalue weighted by Crippen LogP contribution is 2.56. The van der Waals surface area contributed by atoms with Gasteiger partial charge in [0.05, 0.1) is 18.3 Å². The summed E-state index contributed by atoms with van der Waals surface area (Å²) >= 11 is 0. The molecule has 7 rings (SSSR count). The molecular weight excluding hydrogens is 488 g/mol. The highest BCUT2D eigenvalue weighted by atomic mass is 16.5. The lowest BCUT2D eigenvalue weighted by Gasteiger charge is -2.34. The van der Waals surface area contributed by atoms with E-state index in [4.69, 9.17) is 9.47 Å². The van der Waals surface area contributed by atoms with Crippen molar-refractivity contribution in [3.05, 3.63) is 156 Å². The first-order valence-electron chi connectivity index (χ1n) is 13.9. The van der Waals surface area contributed by atoms with Gasteiger partial charge in [-0.15, -0.1) is 0 Å². The number of ether oxygens (including phenoxy) is 2. The number of rotatable bonds is 7. The molecule has 6 aromatic rings. The molecule has 1 aliphatic rings. The molecule has 0 radical (unpaired) electrons. The van der Waals surface area contributed by atoms with E-state index in [1.807, 2.05) is 6.07 Å². The molecule has 0 saturated carbocycles. The number of benzene rings is 6. The molecule has 0 fully saturated rings. The smallest absolute Gasteiger partial charge is 0.127 e. The molecule has 1 aliphatic carbocycles. The Morgan fingerprint density at radius 2 is 1.10 bits per heavy atom. The lowest BCUT2D eigenvalue weighted by molar-refractivity contribution is 0.318. The summed E-state index contributed by atoms with van der Waals surface area (Å²) in [5.74, 6) is 1.71. The Kier molecular flexibility index (Phi) is 5.90. The maximum atomic E-state index is 5.93. The summed E-state index contributed by atoms with van der Waals surface area (Å²) in [6.07, 6.45) is 2.46. The summed E-state index contributed by atoms with van der Waals surface area (Å²) in [6, 6.07) is 44.1. The zero-order chi connectivity index (χ0) is 27.1. The van der Waals surface area contributed by atoms with E-state index in [1.165, 1.54) is 55.8 Å². The fourth-order valence-corrected chi connectivity index (χ4v) is 6.42. The molecule has 0 saturated heterocycles. The maximum absolute atomic E-state index is 5.93. The Labute approximate surface area is 235 Å². The van der Waals surface area contributed by atoms with Crippen LogP contribution >= 0.6 is 0 Å². The molecule has 0 aromatic heterocycles. The second-order valence-corrected chi connectivity index (χ2v) is 10.4. The summed E-state index contributed by atoms with van der Waals surface area (Å²) in [7, 11) is 0. The normalized spacial score (nSPS) is 13.1. The van der Waals surface area contributed by atoms with E-state index in [0.717, 1.165) is 29.9 Å². The van der Waals surface area contributed by atoms with Gasteiger partial charge in [0.1, 0.15) is 11.5 Å². The van der Waals surface area contributed by atoms with E-state index < -0.39 is 5.41 Å². The molecular formula is C38H30O2. The number of hydrogen-bond donors (Lipinski definition) is 0. The molecule has 40 heavy (non-hydrogen) atoms. The van der Waals surface area contributed by atoms with Crippen molar-refractivity contribution in [1.29, 1.82) is 0 Å². The Balaban J connectivity index is 1.50. The van der Waals surface area contributed by atoms with Crippen molar-refractivity contribution in [2.75, 3.05) is 6.61 Å². The van der Waals surface area contributed by atoms with Crippen molar-refractivity contribution in [2.45, 2.75) is 18.8 Å². The first-order chi connectivity index (χ1) is 19.7.